The summed E-state index contributed by atoms with van der Waals surface area (Å²) in [6.45, 7) is 3.94. The number of likely N-dealkylation sites (tertiary alicyclic amines) is 1. The second kappa shape index (κ2) is 9.98. The van der Waals surface area contributed by atoms with Crippen LogP contribution in [-0.2, 0) is 4.74 Å². The van der Waals surface area contributed by atoms with Crippen molar-refractivity contribution in [3.63, 3.8) is 0 Å². The van der Waals surface area contributed by atoms with E-state index in [-0.39, 0.29) is 23.3 Å². The van der Waals surface area contributed by atoms with Crippen molar-refractivity contribution in [1.29, 1.82) is 0 Å². The van der Waals surface area contributed by atoms with Crippen molar-refractivity contribution >= 4 is 29.4 Å². The zero-order chi connectivity index (χ0) is 23.5. The van der Waals surface area contributed by atoms with E-state index in [1.54, 1.807) is 33.9 Å². The van der Waals surface area contributed by atoms with Gasteiger partial charge in [0.1, 0.15) is 11.5 Å². The lowest BCUT2D eigenvalue weighted by Crippen LogP contribution is -2.37. The van der Waals surface area contributed by atoms with E-state index in [9.17, 15) is 14.0 Å². The monoisotopic (exact) mass is 484 g/mol. The van der Waals surface area contributed by atoms with Gasteiger partial charge >= 0.3 is 0 Å². The normalized spacial score (nSPS) is 16.3. The summed E-state index contributed by atoms with van der Waals surface area (Å²) in [5.41, 5.74) is 1.45. The molecule has 1 amide bonds. The molecule has 0 atom stereocenters. The zero-order valence-electron chi connectivity index (χ0n) is 18.6. The number of ether oxygens (including phenoxy) is 1. The Morgan fingerprint density at radius 3 is 2.65 bits per heavy atom. The van der Waals surface area contributed by atoms with Gasteiger partial charge in [-0.05, 0) is 37.1 Å². The molecule has 2 aliphatic heterocycles. The molecule has 2 aliphatic rings. The predicted octanol–water partition coefficient (Wildman–Crippen LogP) is 2.78. The van der Waals surface area contributed by atoms with E-state index in [1.165, 1.54) is 23.9 Å². The van der Waals surface area contributed by atoms with Crippen LogP contribution in [0.4, 0.5) is 10.3 Å². The fraction of sp³-hybridized carbons (Fsp3) is 0.391. The van der Waals surface area contributed by atoms with Crippen LogP contribution in [0.3, 0.4) is 0 Å². The van der Waals surface area contributed by atoms with Crippen LogP contribution in [0, 0.1) is 5.82 Å². The van der Waals surface area contributed by atoms with Gasteiger partial charge in [0.25, 0.3) is 5.91 Å². The first-order valence-electron chi connectivity index (χ1n) is 11.3. The van der Waals surface area contributed by atoms with Crippen molar-refractivity contribution in [2.75, 3.05) is 50.0 Å². The number of aromatic nitrogens is 4. The van der Waals surface area contributed by atoms with Crippen LogP contribution in [0.25, 0.3) is 5.69 Å². The second-order valence-electron chi connectivity index (χ2n) is 8.21. The van der Waals surface area contributed by atoms with Gasteiger partial charge in [0.15, 0.2) is 10.9 Å². The minimum atomic E-state index is -0.367. The fourth-order valence-electron chi connectivity index (χ4n) is 4.15. The number of carbonyl (C=O) groups excluding carboxylic acids is 2. The summed E-state index contributed by atoms with van der Waals surface area (Å²) in [4.78, 5) is 32.2. The van der Waals surface area contributed by atoms with Gasteiger partial charge in [-0.1, -0.05) is 17.8 Å². The molecule has 178 valence electrons. The van der Waals surface area contributed by atoms with Crippen LogP contribution in [-0.4, -0.2) is 81.5 Å². The van der Waals surface area contributed by atoms with E-state index in [4.69, 9.17) is 4.74 Å². The minimum Gasteiger partial charge on any atom is -0.378 e. The summed E-state index contributed by atoms with van der Waals surface area (Å²) in [5.74, 6) is 0.109. The van der Waals surface area contributed by atoms with Gasteiger partial charge in [0.05, 0.1) is 24.7 Å². The third kappa shape index (κ3) is 4.71. The number of amides is 1. The lowest BCUT2D eigenvalue weighted by atomic mass is 10.2. The molecule has 2 fully saturated rings. The highest BCUT2D eigenvalue weighted by atomic mass is 32.2. The van der Waals surface area contributed by atoms with Gasteiger partial charge in [-0.15, -0.1) is 10.2 Å². The lowest BCUT2D eigenvalue weighted by molar-refractivity contribution is 0.0787. The van der Waals surface area contributed by atoms with Crippen LogP contribution in [0.2, 0.25) is 0 Å². The summed E-state index contributed by atoms with van der Waals surface area (Å²) >= 11 is 1.23. The molecule has 0 aliphatic carbocycles. The molecule has 3 aromatic rings. The fourth-order valence-corrected chi connectivity index (χ4v) is 4.99. The van der Waals surface area contributed by atoms with Crippen molar-refractivity contribution in [2.45, 2.75) is 18.0 Å². The lowest BCUT2D eigenvalue weighted by Gasteiger charge is -2.27. The summed E-state index contributed by atoms with van der Waals surface area (Å²) in [6, 6.07) is 7.82. The van der Waals surface area contributed by atoms with E-state index >= 15 is 0 Å². The number of hydrogen-bond donors (Lipinski definition) is 1. The maximum absolute atomic E-state index is 14.0. The molecule has 9 nitrogen and oxygen atoms in total. The Kier molecular flexibility index (Phi) is 6.63. The minimum absolute atomic E-state index is 0.0785. The van der Waals surface area contributed by atoms with E-state index in [0.29, 0.717) is 54.4 Å². The van der Waals surface area contributed by atoms with Gasteiger partial charge in [0.2, 0.25) is 5.95 Å². The topological polar surface area (TPSA) is 96.4 Å². The van der Waals surface area contributed by atoms with Crippen molar-refractivity contribution in [1.82, 2.24) is 24.6 Å². The van der Waals surface area contributed by atoms with Crippen LogP contribution >= 0.6 is 11.8 Å². The quantitative estimate of drug-likeness (QED) is 0.407. The number of nitrogens with zero attached hydrogens (tertiary/aromatic N) is 5. The largest absolute Gasteiger partial charge is 0.378 e. The third-order valence-corrected chi connectivity index (χ3v) is 6.87. The van der Waals surface area contributed by atoms with Crippen molar-refractivity contribution in [2.24, 2.45) is 0 Å². The Bertz CT molecular complexity index is 1180. The van der Waals surface area contributed by atoms with E-state index in [0.717, 1.165) is 25.9 Å². The van der Waals surface area contributed by atoms with E-state index < -0.39 is 0 Å². The zero-order valence-corrected chi connectivity index (χ0v) is 19.4. The highest BCUT2D eigenvalue weighted by Gasteiger charge is 2.24. The molecule has 2 aromatic heterocycles. The molecule has 0 unspecified atom stereocenters. The second-order valence-corrected chi connectivity index (χ2v) is 9.15. The number of hydrogen-bond acceptors (Lipinski definition) is 7. The number of carbonyl (C=O) groups is 2. The van der Waals surface area contributed by atoms with Crippen LogP contribution in [0.5, 0.6) is 0 Å². The number of Topliss-reactive ketones (excluding diaryl/α,β-unsaturated/α-hetero) is 1. The number of halogens is 1. The van der Waals surface area contributed by atoms with Crippen LogP contribution < -0.4 is 4.90 Å². The molecule has 0 bridgehead atoms. The maximum atomic E-state index is 14.0. The van der Waals surface area contributed by atoms with Gasteiger partial charge < -0.3 is 19.5 Å². The standard InChI is InChI=1S/C23H25FN6O3S/c24-17-4-3-5-18(13-17)30-22(29-8-10-33-11-9-29)26-27-23(30)34-15-20(31)16-12-19(25-14-16)21(32)28-6-1-2-7-28/h3-5,12-14,25H,1-2,6-11,15H2. The molecule has 1 N–H and O–H groups in total. The maximum Gasteiger partial charge on any atom is 0.270 e. The first-order valence-corrected chi connectivity index (χ1v) is 12.3. The highest BCUT2D eigenvalue weighted by Crippen LogP contribution is 2.28. The van der Waals surface area contributed by atoms with Gasteiger partial charge in [-0.2, -0.15) is 0 Å². The van der Waals surface area contributed by atoms with E-state index in [1.807, 2.05) is 4.90 Å². The average Bonchev–Trinajstić information content (AvgIpc) is 3.63. The van der Waals surface area contributed by atoms with Crippen LogP contribution in [0.15, 0.2) is 41.7 Å². The van der Waals surface area contributed by atoms with Crippen molar-refractivity contribution in [3.05, 3.63) is 53.6 Å². The summed E-state index contributed by atoms with van der Waals surface area (Å²) in [6.07, 6.45) is 3.59. The average molecular weight is 485 g/mol. The molecule has 5 rings (SSSR count). The van der Waals surface area contributed by atoms with Gasteiger partial charge in [0, 0.05) is 37.9 Å². The molecule has 4 heterocycles. The molecule has 34 heavy (non-hydrogen) atoms. The first kappa shape index (κ1) is 22.6. The summed E-state index contributed by atoms with van der Waals surface area (Å²) < 4.78 is 21.2. The summed E-state index contributed by atoms with van der Waals surface area (Å²) in [5, 5.41) is 9.13. The smallest absolute Gasteiger partial charge is 0.270 e. The number of thioether (sulfide) groups is 1. The number of benzene rings is 1. The number of nitrogens with one attached hydrogen (secondary N) is 1. The Balaban J connectivity index is 1.34. The number of H-pyrrole nitrogens is 1. The number of anilines is 1. The molecule has 1 aromatic carbocycles. The number of morpholine rings is 1. The summed E-state index contributed by atoms with van der Waals surface area (Å²) in [7, 11) is 0. The van der Waals surface area contributed by atoms with Crippen LogP contribution in [0.1, 0.15) is 33.7 Å². The SMILES string of the molecule is O=C(CSc1nnc(N2CCOCC2)n1-c1cccc(F)c1)c1c[nH]c(C(=O)N2CCCC2)c1. The van der Waals surface area contributed by atoms with Gasteiger partial charge in [-0.25, -0.2) is 4.39 Å². The first-order chi connectivity index (χ1) is 16.6. The Hall–Kier alpha value is -3.18. The Labute approximate surface area is 200 Å². The third-order valence-electron chi connectivity index (χ3n) is 5.94. The van der Waals surface area contributed by atoms with Gasteiger partial charge in [-0.3, -0.25) is 14.2 Å². The van der Waals surface area contributed by atoms with E-state index in [2.05, 4.69) is 15.2 Å². The molecular formula is C23H25FN6O3S. The number of rotatable bonds is 7. The van der Waals surface area contributed by atoms with Crippen molar-refractivity contribution in [3.8, 4) is 5.69 Å². The van der Waals surface area contributed by atoms with Crippen molar-refractivity contribution < 1.29 is 18.7 Å². The number of aromatic amines is 1. The molecular weight excluding hydrogens is 459 g/mol. The molecule has 2 saturated heterocycles. The predicted molar refractivity (Wildman–Crippen MR) is 125 cm³/mol. The molecule has 0 radical (unpaired) electrons. The Morgan fingerprint density at radius 2 is 1.88 bits per heavy atom. The molecule has 11 heteroatoms. The molecule has 0 spiro atoms. The molecule has 0 saturated carbocycles. The number of ketones is 1. The Morgan fingerprint density at radius 1 is 1.09 bits per heavy atom. The highest BCUT2D eigenvalue weighted by molar-refractivity contribution is 7.99.